The summed E-state index contributed by atoms with van der Waals surface area (Å²) in [5.41, 5.74) is 0.316. The standard InChI is InChI=1S/C14H26N2O3/c1-4-5-14(6-7-14)9-16-13(19)15-8-11(10(2)3)12(17)18/h10-11H,4-9H2,1-3H3,(H,17,18)(H2,15,16,19). The second-order valence-corrected chi connectivity index (χ2v) is 6.00. The van der Waals surface area contributed by atoms with Gasteiger partial charge in [0.15, 0.2) is 0 Å². The minimum absolute atomic E-state index is 0.00710. The van der Waals surface area contributed by atoms with Crippen LogP contribution in [0.3, 0.4) is 0 Å². The third kappa shape index (κ3) is 5.09. The van der Waals surface area contributed by atoms with Crippen LogP contribution in [0.15, 0.2) is 0 Å². The normalized spacial score (nSPS) is 17.9. The Kier molecular flexibility index (Phi) is 5.63. The molecular weight excluding hydrogens is 244 g/mol. The average Bonchev–Trinajstić information content (AvgIpc) is 3.07. The topological polar surface area (TPSA) is 78.4 Å². The molecule has 1 unspecified atom stereocenters. The highest BCUT2D eigenvalue weighted by molar-refractivity contribution is 5.76. The van der Waals surface area contributed by atoms with E-state index in [1.165, 1.54) is 12.8 Å². The number of rotatable bonds is 8. The fourth-order valence-electron chi connectivity index (χ4n) is 2.36. The molecule has 0 aromatic carbocycles. The van der Waals surface area contributed by atoms with E-state index in [0.29, 0.717) is 12.0 Å². The maximum absolute atomic E-state index is 11.7. The molecule has 2 amide bonds. The van der Waals surface area contributed by atoms with Crippen molar-refractivity contribution < 1.29 is 14.7 Å². The Balaban J connectivity index is 2.26. The van der Waals surface area contributed by atoms with Crippen LogP contribution in [0, 0.1) is 17.3 Å². The monoisotopic (exact) mass is 270 g/mol. The maximum atomic E-state index is 11.7. The van der Waals surface area contributed by atoms with E-state index in [-0.39, 0.29) is 18.5 Å². The third-order valence-electron chi connectivity index (χ3n) is 3.97. The van der Waals surface area contributed by atoms with Gasteiger partial charge in [-0.05, 0) is 30.6 Å². The first-order valence-electron chi connectivity index (χ1n) is 7.15. The summed E-state index contributed by atoms with van der Waals surface area (Å²) in [5.74, 6) is -1.39. The molecule has 5 heteroatoms. The van der Waals surface area contributed by atoms with E-state index in [1.54, 1.807) is 0 Å². The molecule has 1 aliphatic carbocycles. The quantitative estimate of drug-likeness (QED) is 0.633. The third-order valence-corrected chi connectivity index (χ3v) is 3.97. The minimum atomic E-state index is -0.861. The van der Waals surface area contributed by atoms with E-state index in [0.717, 1.165) is 12.8 Å². The highest BCUT2D eigenvalue weighted by Gasteiger charge is 2.41. The van der Waals surface area contributed by atoms with Gasteiger partial charge in [-0.3, -0.25) is 4.79 Å². The van der Waals surface area contributed by atoms with Crippen molar-refractivity contribution in [2.45, 2.75) is 46.5 Å². The van der Waals surface area contributed by atoms with Gasteiger partial charge in [0.05, 0.1) is 5.92 Å². The van der Waals surface area contributed by atoms with Crippen LogP contribution >= 0.6 is 0 Å². The predicted octanol–water partition coefficient (Wildman–Crippen LogP) is 2.22. The van der Waals surface area contributed by atoms with Gasteiger partial charge in [-0.15, -0.1) is 0 Å². The Morgan fingerprint density at radius 1 is 1.26 bits per heavy atom. The van der Waals surface area contributed by atoms with Crippen LogP contribution in [0.4, 0.5) is 4.79 Å². The molecule has 0 aromatic rings. The van der Waals surface area contributed by atoms with Crippen LogP contribution in [0.5, 0.6) is 0 Å². The average molecular weight is 270 g/mol. The van der Waals surface area contributed by atoms with Gasteiger partial charge < -0.3 is 15.7 Å². The first kappa shape index (κ1) is 15.8. The lowest BCUT2D eigenvalue weighted by Crippen LogP contribution is -2.43. The van der Waals surface area contributed by atoms with Crippen LogP contribution in [-0.4, -0.2) is 30.2 Å². The lowest BCUT2D eigenvalue weighted by atomic mass is 9.96. The summed E-state index contributed by atoms with van der Waals surface area (Å²) in [6.07, 6.45) is 4.66. The van der Waals surface area contributed by atoms with Gasteiger partial charge >= 0.3 is 12.0 Å². The van der Waals surface area contributed by atoms with E-state index in [9.17, 15) is 9.59 Å². The zero-order valence-corrected chi connectivity index (χ0v) is 12.2. The second kappa shape index (κ2) is 6.78. The van der Waals surface area contributed by atoms with Crippen molar-refractivity contribution in [3.63, 3.8) is 0 Å². The lowest BCUT2D eigenvalue weighted by Gasteiger charge is -2.18. The van der Waals surface area contributed by atoms with Crippen LogP contribution in [0.25, 0.3) is 0 Å². The molecule has 5 nitrogen and oxygen atoms in total. The van der Waals surface area contributed by atoms with Crippen molar-refractivity contribution >= 4 is 12.0 Å². The molecule has 0 aromatic heterocycles. The molecule has 1 fully saturated rings. The van der Waals surface area contributed by atoms with Crippen LogP contribution < -0.4 is 10.6 Å². The number of hydrogen-bond donors (Lipinski definition) is 3. The summed E-state index contributed by atoms with van der Waals surface area (Å²) in [5, 5.41) is 14.5. The molecule has 0 radical (unpaired) electrons. The largest absolute Gasteiger partial charge is 0.481 e. The molecule has 0 saturated heterocycles. The number of carboxylic acid groups (broad SMARTS) is 1. The van der Waals surface area contributed by atoms with Gasteiger partial charge in [0.25, 0.3) is 0 Å². The molecule has 1 aliphatic rings. The number of carboxylic acids is 1. The van der Waals surface area contributed by atoms with E-state index >= 15 is 0 Å². The molecule has 19 heavy (non-hydrogen) atoms. The Bertz CT molecular complexity index is 325. The van der Waals surface area contributed by atoms with Gasteiger partial charge in [0.1, 0.15) is 0 Å². The summed E-state index contributed by atoms with van der Waals surface area (Å²) < 4.78 is 0. The summed E-state index contributed by atoms with van der Waals surface area (Å²) in [6.45, 7) is 6.73. The van der Waals surface area contributed by atoms with Crippen molar-refractivity contribution in [2.75, 3.05) is 13.1 Å². The van der Waals surface area contributed by atoms with Crippen molar-refractivity contribution in [1.82, 2.24) is 10.6 Å². The molecule has 0 aliphatic heterocycles. The lowest BCUT2D eigenvalue weighted by molar-refractivity contribution is -0.142. The van der Waals surface area contributed by atoms with Gasteiger partial charge in [-0.25, -0.2) is 4.79 Å². The fraction of sp³-hybridized carbons (Fsp3) is 0.857. The molecule has 1 rings (SSSR count). The SMILES string of the molecule is CCCC1(CNC(=O)NCC(C(=O)O)C(C)C)CC1. The zero-order chi connectivity index (χ0) is 14.5. The summed E-state index contributed by atoms with van der Waals surface area (Å²) in [6, 6.07) is -0.255. The molecule has 0 bridgehead atoms. The number of hydrogen-bond acceptors (Lipinski definition) is 2. The zero-order valence-electron chi connectivity index (χ0n) is 12.2. The summed E-state index contributed by atoms with van der Waals surface area (Å²) in [4.78, 5) is 22.7. The molecule has 1 atom stereocenters. The Morgan fingerprint density at radius 2 is 1.89 bits per heavy atom. The van der Waals surface area contributed by atoms with E-state index < -0.39 is 11.9 Å². The van der Waals surface area contributed by atoms with Crippen molar-refractivity contribution in [3.05, 3.63) is 0 Å². The highest BCUT2D eigenvalue weighted by atomic mass is 16.4. The molecule has 1 saturated carbocycles. The van der Waals surface area contributed by atoms with E-state index in [4.69, 9.17) is 5.11 Å². The number of amides is 2. The number of aliphatic carboxylic acids is 1. The Hall–Kier alpha value is -1.26. The summed E-state index contributed by atoms with van der Waals surface area (Å²) in [7, 11) is 0. The first-order chi connectivity index (χ1) is 8.90. The maximum Gasteiger partial charge on any atom is 0.314 e. The number of nitrogens with one attached hydrogen (secondary N) is 2. The number of urea groups is 1. The number of carbonyl (C=O) groups is 2. The minimum Gasteiger partial charge on any atom is -0.481 e. The van der Waals surface area contributed by atoms with Crippen molar-refractivity contribution in [2.24, 2.45) is 17.3 Å². The highest BCUT2D eigenvalue weighted by Crippen LogP contribution is 2.48. The second-order valence-electron chi connectivity index (χ2n) is 6.00. The van der Waals surface area contributed by atoms with Crippen LogP contribution in [0.2, 0.25) is 0 Å². The predicted molar refractivity (Wildman–Crippen MR) is 73.9 cm³/mol. The molecule has 0 heterocycles. The van der Waals surface area contributed by atoms with Crippen LogP contribution in [-0.2, 0) is 4.79 Å². The smallest absolute Gasteiger partial charge is 0.314 e. The molecule has 0 spiro atoms. The summed E-state index contributed by atoms with van der Waals surface area (Å²) >= 11 is 0. The molecular formula is C14H26N2O3. The van der Waals surface area contributed by atoms with Gasteiger partial charge in [-0.1, -0.05) is 27.2 Å². The van der Waals surface area contributed by atoms with Crippen molar-refractivity contribution in [3.8, 4) is 0 Å². The molecule has 110 valence electrons. The Labute approximate surface area is 115 Å². The molecule has 3 N–H and O–H groups in total. The van der Waals surface area contributed by atoms with Crippen LogP contribution in [0.1, 0.15) is 46.5 Å². The van der Waals surface area contributed by atoms with E-state index in [1.807, 2.05) is 13.8 Å². The Morgan fingerprint density at radius 3 is 2.32 bits per heavy atom. The fourth-order valence-corrected chi connectivity index (χ4v) is 2.36. The van der Waals surface area contributed by atoms with E-state index in [2.05, 4.69) is 17.6 Å². The van der Waals surface area contributed by atoms with Gasteiger partial charge in [-0.2, -0.15) is 0 Å². The van der Waals surface area contributed by atoms with Gasteiger partial charge in [0, 0.05) is 13.1 Å². The van der Waals surface area contributed by atoms with Crippen molar-refractivity contribution in [1.29, 1.82) is 0 Å². The number of carbonyl (C=O) groups excluding carboxylic acids is 1. The van der Waals surface area contributed by atoms with Gasteiger partial charge in [0.2, 0.25) is 0 Å². The first-order valence-corrected chi connectivity index (χ1v) is 7.15.